The summed E-state index contributed by atoms with van der Waals surface area (Å²) < 4.78 is 0. The lowest BCUT2D eigenvalue weighted by molar-refractivity contribution is 0.649. The Morgan fingerprint density at radius 3 is 3.08 bits per heavy atom. The second kappa shape index (κ2) is 3.88. The fourth-order valence-corrected chi connectivity index (χ4v) is 1.55. The lowest BCUT2D eigenvalue weighted by Crippen LogP contribution is -2.20. The monoisotopic (exact) mass is 176 g/mol. The van der Waals surface area contributed by atoms with Gasteiger partial charge >= 0.3 is 0 Å². The molecule has 70 valence electrons. The first-order chi connectivity index (χ1) is 6.36. The second-order valence-corrected chi connectivity index (χ2v) is 3.88. The van der Waals surface area contributed by atoms with Crippen molar-refractivity contribution in [1.82, 2.24) is 10.3 Å². The molecule has 0 bridgehead atoms. The van der Waals surface area contributed by atoms with E-state index in [0.29, 0.717) is 0 Å². The molecule has 1 heterocycles. The van der Waals surface area contributed by atoms with Crippen molar-refractivity contribution in [2.75, 3.05) is 6.54 Å². The molecule has 1 aromatic rings. The number of pyridine rings is 1. The summed E-state index contributed by atoms with van der Waals surface area (Å²) in [5, 5.41) is 3.53. The number of hydrogen-bond donors (Lipinski definition) is 1. The van der Waals surface area contributed by atoms with Gasteiger partial charge in [0.25, 0.3) is 0 Å². The summed E-state index contributed by atoms with van der Waals surface area (Å²) in [5.74, 6) is 0.897. The quantitative estimate of drug-likeness (QED) is 0.754. The minimum atomic E-state index is 0.789. The van der Waals surface area contributed by atoms with Crippen LogP contribution in [0.2, 0.25) is 0 Å². The van der Waals surface area contributed by atoms with Crippen LogP contribution in [0, 0.1) is 5.92 Å². The van der Waals surface area contributed by atoms with Crippen LogP contribution in [-0.4, -0.2) is 17.6 Å². The summed E-state index contributed by atoms with van der Waals surface area (Å²) in [6, 6.07) is 4.91. The molecule has 13 heavy (non-hydrogen) atoms. The summed E-state index contributed by atoms with van der Waals surface area (Å²) >= 11 is 0. The minimum absolute atomic E-state index is 0.789. The van der Waals surface area contributed by atoms with E-state index in [0.717, 1.165) is 24.9 Å². The van der Waals surface area contributed by atoms with E-state index < -0.39 is 0 Å². The topological polar surface area (TPSA) is 24.9 Å². The third-order valence-electron chi connectivity index (χ3n) is 2.65. The van der Waals surface area contributed by atoms with Gasteiger partial charge in [-0.1, -0.05) is 13.0 Å². The lowest BCUT2D eigenvalue weighted by Gasteiger charge is -2.02. The largest absolute Gasteiger partial charge is 0.313 e. The normalized spacial score (nSPS) is 25.9. The molecule has 0 saturated heterocycles. The van der Waals surface area contributed by atoms with Gasteiger partial charge in [0.1, 0.15) is 0 Å². The van der Waals surface area contributed by atoms with Crippen molar-refractivity contribution in [2.24, 2.45) is 5.92 Å². The third-order valence-corrected chi connectivity index (χ3v) is 2.65. The molecule has 0 spiro atoms. The predicted molar refractivity (Wildman–Crippen MR) is 53.5 cm³/mol. The molecule has 2 atom stereocenters. The van der Waals surface area contributed by atoms with E-state index >= 15 is 0 Å². The van der Waals surface area contributed by atoms with Gasteiger partial charge < -0.3 is 5.32 Å². The highest BCUT2D eigenvalue weighted by Crippen LogP contribution is 2.28. The molecule has 1 aliphatic rings. The maximum Gasteiger partial charge on any atom is 0.0300 e. The van der Waals surface area contributed by atoms with Gasteiger partial charge in [0.05, 0.1) is 0 Å². The van der Waals surface area contributed by atoms with E-state index in [4.69, 9.17) is 0 Å². The zero-order chi connectivity index (χ0) is 9.10. The molecular weight excluding hydrogens is 160 g/mol. The fourth-order valence-electron chi connectivity index (χ4n) is 1.55. The summed E-state index contributed by atoms with van der Waals surface area (Å²) in [4.78, 5) is 4.09. The Labute approximate surface area is 79.4 Å². The zero-order valence-corrected chi connectivity index (χ0v) is 8.03. The molecule has 2 heteroatoms. The zero-order valence-electron chi connectivity index (χ0n) is 8.03. The summed E-state index contributed by atoms with van der Waals surface area (Å²) in [6.45, 7) is 3.38. The van der Waals surface area contributed by atoms with Gasteiger partial charge in [-0.25, -0.2) is 0 Å². The van der Waals surface area contributed by atoms with E-state index in [9.17, 15) is 0 Å². The van der Waals surface area contributed by atoms with Crippen LogP contribution in [0.5, 0.6) is 0 Å². The maximum absolute atomic E-state index is 4.09. The van der Waals surface area contributed by atoms with Crippen molar-refractivity contribution in [3.05, 3.63) is 30.1 Å². The van der Waals surface area contributed by atoms with Crippen LogP contribution >= 0.6 is 0 Å². The molecular formula is C11H16N2. The van der Waals surface area contributed by atoms with Gasteiger partial charge in [0.15, 0.2) is 0 Å². The molecule has 2 nitrogen and oxygen atoms in total. The van der Waals surface area contributed by atoms with Crippen LogP contribution in [0.1, 0.15) is 18.9 Å². The molecule has 2 unspecified atom stereocenters. The van der Waals surface area contributed by atoms with Gasteiger partial charge in [-0.05, 0) is 36.9 Å². The molecule has 0 aliphatic heterocycles. The first kappa shape index (κ1) is 8.70. The smallest absolute Gasteiger partial charge is 0.0300 e. The Balaban J connectivity index is 1.68. The molecule has 0 aromatic carbocycles. The number of aromatic nitrogens is 1. The summed E-state index contributed by atoms with van der Waals surface area (Å²) in [7, 11) is 0. The Morgan fingerprint density at radius 2 is 2.46 bits per heavy atom. The molecule has 0 radical (unpaired) electrons. The van der Waals surface area contributed by atoms with Crippen molar-refractivity contribution in [1.29, 1.82) is 0 Å². The van der Waals surface area contributed by atoms with Gasteiger partial charge in [-0.2, -0.15) is 0 Å². The van der Waals surface area contributed by atoms with Crippen molar-refractivity contribution < 1.29 is 0 Å². The number of rotatable bonds is 4. The molecule has 0 amide bonds. The highest BCUT2D eigenvalue weighted by atomic mass is 15.0. The standard InChI is InChI=1S/C11H16N2/c1-9-7-11(9)13-6-4-10-3-2-5-12-8-10/h2-3,5,8-9,11,13H,4,6-7H2,1H3. The Morgan fingerprint density at radius 1 is 1.62 bits per heavy atom. The first-order valence-corrected chi connectivity index (χ1v) is 4.98. The molecule has 1 fully saturated rings. The SMILES string of the molecule is CC1CC1NCCc1cccnc1. The van der Waals surface area contributed by atoms with Crippen LogP contribution in [-0.2, 0) is 6.42 Å². The van der Waals surface area contributed by atoms with Crippen molar-refractivity contribution in [3.8, 4) is 0 Å². The number of hydrogen-bond acceptors (Lipinski definition) is 2. The first-order valence-electron chi connectivity index (χ1n) is 4.98. The highest BCUT2D eigenvalue weighted by Gasteiger charge is 2.31. The van der Waals surface area contributed by atoms with Crippen molar-refractivity contribution >= 4 is 0 Å². The maximum atomic E-state index is 4.09. The summed E-state index contributed by atoms with van der Waals surface area (Å²) in [6.07, 6.45) is 6.21. The average Bonchev–Trinajstić information content (AvgIpc) is 2.84. The van der Waals surface area contributed by atoms with Gasteiger partial charge in [-0.15, -0.1) is 0 Å². The molecule has 1 aliphatic carbocycles. The van der Waals surface area contributed by atoms with E-state index in [1.807, 2.05) is 18.5 Å². The van der Waals surface area contributed by atoms with E-state index in [1.165, 1.54) is 12.0 Å². The third kappa shape index (κ3) is 2.52. The van der Waals surface area contributed by atoms with E-state index in [2.05, 4.69) is 23.3 Å². The Kier molecular flexibility index (Phi) is 2.60. The van der Waals surface area contributed by atoms with Crippen LogP contribution < -0.4 is 5.32 Å². The highest BCUT2D eigenvalue weighted by molar-refractivity contribution is 5.08. The molecule has 1 aromatic heterocycles. The van der Waals surface area contributed by atoms with Crippen molar-refractivity contribution in [2.45, 2.75) is 25.8 Å². The van der Waals surface area contributed by atoms with Crippen LogP contribution in [0.3, 0.4) is 0 Å². The second-order valence-electron chi connectivity index (χ2n) is 3.88. The van der Waals surface area contributed by atoms with Crippen LogP contribution in [0.15, 0.2) is 24.5 Å². The van der Waals surface area contributed by atoms with Crippen LogP contribution in [0.4, 0.5) is 0 Å². The molecule has 2 rings (SSSR count). The Hall–Kier alpha value is -0.890. The van der Waals surface area contributed by atoms with Crippen molar-refractivity contribution in [3.63, 3.8) is 0 Å². The molecule has 1 N–H and O–H groups in total. The van der Waals surface area contributed by atoms with E-state index in [-0.39, 0.29) is 0 Å². The van der Waals surface area contributed by atoms with Gasteiger partial charge in [0.2, 0.25) is 0 Å². The van der Waals surface area contributed by atoms with Gasteiger partial charge in [0, 0.05) is 18.4 Å². The van der Waals surface area contributed by atoms with E-state index in [1.54, 1.807) is 0 Å². The predicted octanol–water partition coefficient (Wildman–Crippen LogP) is 1.62. The minimum Gasteiger partial charge on any atom is -0.313 e. The Bertz CT molecular complexity index is 258. The molecule has 1 saturated carbocycles. The van der Waals surface area contributed by atoms with Gasteiger partial charge in [-0.3, -0.25) is 4.98 Å². The van der Waals surface area contributed by atoms with Crippen LogP contribution in [0.25, 0.3) is 0 Å². The number of nitrogens with zero attached hydrogens (tertiary/aromatic N) is 1. The summed E-state index contributed by atoms with van der Waals surface area (Å²) in [5.41, 5.74) is 1.32. The fraction of sp³-hybridized carbons (Fsp3) is 0.545. The lowest BCUT2D eigenvalue weighted by atomic mass is 10.2. The average molecular weight is 176 g/mol. The number of nitrogens with one attached hydrogen (secondary N) is 1.